The number of benzene rings is 1. The van der Waals surface area contributed by atoms with Gasteiger partial charge in [-0.25, -0.2) is 4.79 Å². The zero-order valence-electron chi connectivity index (χ0n) is 14.9. The third-order valence-corrected chi connectivity index (χ3v) is 4.11. The fourth-order valence-corrected chi connectivity index (χ4v) is 2.90. The molecular weight excluding hydrogens is 304 g/mol. The van der Waals surface area contributed by atoms with Crippen LogP contribution in [0.1, 0.15) is 45.6 Å². The third kappa shape index (κ3) is 4.57. The molecule has 0 aromatic heterocycles. The minimum atomic E-state index is -1.69. The number of hydrogen-bond acceptors (Lipinski definition) is 4. The molecule has 1 aliphatic heterocycles. The monoisotopic (exact) mass is 332 g/mol. The van der Waals surface area contributed by atoms with Crippen LogP contribution in [-0.2, 0) is 20.7 Å². The molecule has 1 aliphatic rings. The molecule has 0 aliphatic carbocycles. The lowest BCUT2D eigenvalue weighted by molar-refractivity contribution is -0.167. The Morgan fingerprint density at radius 1 is 1.08 bits per heavy atom. The minimum absolute atomic E-state index is 0.137. The molecule has 1 fully saturated rings. The van der Waals surface area contributed by atoms with Crippen molar-refractivity contribution in [3.63, 3.8) is 0 Å². The lowest BCUT2D eigenvalue weighted by Crippen LogP contribution is -2.63. The highest BCUT2D eigenvalue weighted by atomic mass is 16.6. The van der Waals surface area contributed by atoms with E-state index in [4.69, 9.17) is 10.5 Å². The van der Waals surface area contributed by atoms with Crippen molar-refractivity contribution >= 4 is 11.9 Å². The third-order valence-electron chi connectivity index (χ3n) is 4.11. The highest BCUT2D eigenvalue weighted by molar-refractivity contribution is 6.07. The predicted octanol–water partition coefficient (Wildman–Crippen LogP) is 2.28. The predicted molar refractivity (Wildman–Crippen MR) is 93.3 cm³/mol. The van der Waals surface area contributed by atoms with Gasteiger partial charge >= 0.3 is 5.97 Å². The highest BCUT2D eigenvalue weighted by Gasteiger charge is 2.47. The Labute approximate surface area is 144 Å². The van der Waals surface area contributed by atoms with Gasteiger partial charge in [0.25, 0.3) is 5.91 Å². The smallest absolute Gasteiger partial charge is 0.336 e. The number of carbonyl (C=O) groups excluding carboxylic acids is 2. The van der Waals surface area contributed by atoms with Gasteiger partial charge in [0.2, 0.25) is 0 Å². The molecule has 24 heavy (non-hydrogen) atoms. The first-order valence-electron chi connectivity index (χ1n) is 8.58. The Morgan fingerprint density at radius 3 is 2.21 bits per heavy atom. The molecule has 0 unspecified atom stereocenters. The fraction of sp³-hybridized carbons (Fsp3) is 0.579. The van der Waals surface area contributed by atoms with E-state index in [0.29, 0.717) is 13.1 Å². The van der Waals surface area contributed by atoms with Crippen LogP contribution in [0.2, 0.25) is 0 Å². The molecule has 5 nitrogen and oxygen atoms in total. The lowest BCUT2D eigenvalue weighted by atomic mass is 9.89. The number of piperidine rings is 1. The largest absolute Gasteiger partial charge is 0.458 e. The molecule has 2 N–H and O–H groups in total. The van der Waals surface area contributed by atoms with E-state index in [1.54, 1.807) is 25.7 Å². The molecule has 2 rings (SSSR count). The molecule has 0 radical (unpaired) electrons. The molecule has 5 heteroatoms. The number of rotatable bonds is 4. The second-order valence-corrected chi connectivity index (χ2v) is 7.49. The molecule has 0 bridgehead atoms. The van der Waals surface area contributed by atoms with Crippen molar-refractivity contribution in [1.82, 2.24) is 4.90 Å². The number of amides is 1. The van der Waals surface area contributed by atoms with Gasteiger partial charge in [0, 0.05) is 19.5 Å². The van der Waals surface area contributed by atoms with Crippen molar-refractivity contribution in [2.75, 3.05) is 13.1 Å². The number of nitrogens with two attached hydrogens (primary N) is 1. The zero-order valence-corrected chi connectivity index (χ0v) is 14.9. The first-order valence-corrected chi connectivity index (χ1v) is 8.58. The molecule has 0 spiro atoms. The minimum Gasteiger partial charge on any atom is -0.458 e. The number of nitrogens with zero attached hydrogens (tertiary/aromatic N) is 1. The summed E-state index contributed by atoms with van der Waals surface area (Å²) in [6.45, 7) is 6.63. The topological polar surface area (TPSA) is 72.6 Å². The van der Waals surface area contributed by atoms with Gasteiger partial charge in [-0.1, -0.05) is 30.3 Å². The maximum atomic E-state index is 13.1. The number of carbonyl (C=O) groups is 2. The molecule has 1 aromatic carbocycles. The van der Waals surface area contributed by atoms with E-state index in [1.165, 1.54) is 0 Å². The van der Waals surface area contributed by atoms with E-state index in [-0.39, 0.29) is 12.3 Å². The van der Waals surface area contributed by atoms with Crippen molar-refractivity contribution in [3.05, 3.63) is 35.9 Å². The Morgan fingerprint density at radius 2 is 1.67 bits per heavy atom. The van der Waals surface area contributed by atoms with Gasteiger partial charge < -0.3 is 15.4 Å². The van der Waals surface area contributed by atoms with Crippen LogP contribution in [-0.4, -0.2) is 41.0 Å². The number of likely N-dealkylation sites (tertiary alicyclic amines) is 1. The highest BCUT2D eigenvalue weighted by Crippen LogP contribution is 2.22. The van der Waals surface area contributed by atoms with Gasteiger partial charge in [0.1, 0.15) is 5.60 Å². The molecule has 1 heterocycles. The second-order valence-electron chi connectivity index (χ2n) is 7.49. The van der Waals surface area contributed by atoms with Crippen LogP contribution in [0.4, 0.5) is 0 Å². The maximum Gasteiger partial charge on any atom is 0.336 e. The average molecular weight is 332 g/mol. The van der Waals surface area contributed by atoms with Crippen LogP contribution in [0.3, 0.4) is 0 Å². The van der Waals surface area contributed by atoms with Gasteiger partial charge in [0.15, 0.2) is 5.54 Å². The Balaban J connectivity index is 2.28. The summed E-state index contributed by atoms with van der Waals surface area (Å²) in [6.07, 6.45) is 3.13. The van der Waals surface area contributed by atoms with E-state index in [9.17, 15) is 9.59 Å². The van der Waals surface area contributed by atoms with Gasteiger partial charge in [-0.05, 0) is 45.6 Å². The lowest BCUT2D eigenvalue weighted by Gasteiger charge is -2.36. The SMILES string of the molecule is CC(C)(C)OC(=O)[C@](N)(Cc1ccccc1)C(=O)N1CCCCC1. The van der Waals surface area contributed by atoms with Gasteiger partial charge in [0.05, 0.1) is 0 Å². The summed E-state index contributed by atoms with van der Waals surface area (Å²) in [5, 5.41) is 0. The van der Waals surface area contributed by atoms with Crippen LogP contribution >= 0.6 is 0 Å². The Hall–Kier alpha value is -1.88. The number of esters is 1. The summed E-state index contributed by atoms with van der Waals surface area (Å²) in [5.74, 6) is -0.991. The standard InChI is InChI=1S/C19H28N2O3/c1-18(2,3)24-17(23)19(20,14-15-10-6-4-7-11-15)16(22)21-12-8-5-9-13-21/h4,6-7,10-11H,5,8-9,12-14,20H2,1-3H3/t19-/m0/s1. The van der Waals surface area contributed by atoms with E-state index < -0.39 is 17.1 Å². The Bertz CT molecular complexity index is 574. The number of ether oxygens (including phenoxy) is 1. The van der Waals surface area contributed by atoms with Gasteiger partial charge in [-0.3, -0.25) is 4.79 Å². The molecule has 1 aromatic rings. The normalized spacial score (nSPS) is 17.9. The molecule has 0 saturated carbocycles. The zero-order chi connectivity index (χ0) is 17.8. The number of hydrogen-bond donors (Lipinski definition) is 1. The van der Waals surface area contributed by atoms with E-state index in [2.05, 4.69) is 0 Å². The van der Waals surface area contributed by atoms with Crippen molar-refractivity contribution in [1.29, 1.82) is 0 Å². The quantitative estimate of drug-likeness (QED) is 0.678. The van der Waals surface area contributed by atoms with Crippen LogP contribution in [0.5, 0.6) is 0 Å². The van der Waals surface area contributed by atoms with Gasteiger partial charge in [-0.15, -0.1) is 0 Å². The second kappa shape index (κ2) is 7.34. The van der Waals surface area contributed by atoms with E-state index in [1.807, 2.05) is 30.3 Å². The Kier molecular flexibility index (Phi) is 5.65. The van der Waals surface area contributed by atoms with Crippen molar-refractivity contribution < 1.29 is 14.3 Å². The van der Waals surface area contributed by atoms with Crippen LogP contribution in [0.15, 0.2) is 30.3 Å². The average Bonchev–Trinajstić information content (AvgIpc) is 2.54. The van der Waals surface area contributed by atoms with Crippen molar-refractivity contribution in [2.24, 2.45) is 5.73 Å². The van der Waals surface area contributed by atoms with Crippen molar-refractivity contribution in [2.45, 2.75) is 57.6 Å². The first-order chi connectivity index (χ1) is 11.2. The summed E-state index contributed by atoms with van der Waals surface area (Å²) in [7, 11) is 0. The molecular formula is C19H28N2O3. The van der Waals surface area contributed by atoms with Crippen LogP contribution in [0, 0.1) is 0 Å². The van der Waals surface area contributed by atoms with Crippen molar-refractivity contribution in [3.8, 4) is 0 Å². The van der Waals surface area contributed by atoms with E-state index in [0.717, 1.165) is 24.8 Å². The summed E-state index contributed by atoms with van der Waals surface area (Å²) in [6, 6.07) is 9.37. The fourth-order valence-electron chi connectivity index (χ4n) is 2.90. The summed E-state index contributed by atoms with van der Waals surface area (Å²) < 4.78 is 5.48. The van der Waals surface area contributed by atoms with E-state index >= 15 is 0 Å². The summed E-state index contributed by atoms with van der Waals surface area (Å²) >= 11 is 0. The summed E-state index contributed by atoms with van der Waals surface area (Å²) in [5.41, 5.74) is 4.85. The van der Waals surface area contributed by atoms with Crippen LogP contribution in [0.25, 0.3) is 0 Å². The molecule has 1 atom stereocenters. The molecule has 1 amide bonds. The molecule has 132 valence electrons. The maximum absolute atomic E-state index is 13.1. The van der Waals surface area contributed by atoms with Crippen LogP contribution < -0.4 is 5.73 Å². The first kappa shape index (κ1) is 18.5. The summed E-state index contributed by atoms with van der Waals surface area (Å²) in [4.78, 5) is 27.5. The molecule has 1 saturated heterocycles. The van der Waals surface area contributed by atoms with Gasteiger partial charge in [-0.2, -0.15) is 0 Å².